The maximum atomic E-state index is 12.1. The molecule has 2 heterocycles. The van der Waals surface area contributed by atoms with Gasteiger partial charge in [0.2, 0.25) is 11.8 Å². The average molecular weight is 402 g/mol. The summed E-state index contributed by atoms with van der Waals surface area (Å²) in [6, 6.07) is 13.5. The van der Waals surface area contributed by atoms with Crippen LogP contribution in [0.15, 0.2) is 47.8 Å². The van der Waals surface area contributed by atoms with Gasteiger partial charge in [0.15, 0.2) is 10.6 Å². The first-order valence-electron chi connectivity index (χ1n) is 8.40. The Morgan fingerprint density at radius 3 is 2.67 bits per heavy atom. The van der Waals surface area contributed by atoms with Gasteiger partial charge in [-0.3, -0.25) is 19.3 Å². The van der Waals surface area contributed by atoms with Crippen LogP contribution in [0.1, 0.15) is 12.0 Å². The Morgan fingerprint density at radius 1 is 1.11 bits per heavy atom. The predicted molar refractivity (Wildman–Crippen MR) is 107 cm³/mol. The van der Waals surface area contributed by atoms with Crippen molar-refractivity contribution in [3.05, 3.63) is 58.2 Å². The fraction of sp³-hybridized carbons (Fsp3) is 0.222. The van der Waals surface area contributed by atoms with E-state index in [1.54, 1.807) is 15.9 Å². The van der Waals surface area contributed by atoms with Crippen molar-refractivity contribution in [2.75, 3.05) is 6.54 Å². The van der Waals surface area contributed by atoms with Crippen LogP contribution in [0.5, 0.6) is 0 Å². The molecule has 0 radical (unpaired) electrons. The van der Waals surface area contributed by atoms with Crippen LogP contribution in [0.3, 0.4) is 0 Å². The van der Waals surface area contributed by atoms with E-state index in [1.807, 2.05) is 47.8 Å². The molecule has 0 saturated heterocycles. The van der Waals surface area contributed by atoms with Gasteiger partial charge in [0, 0.05) is 19.5 Å². The van der Waals surface area contributed by atoms with Gasteiger partial charge >= 0.3 is 0 Å². The monoisotopic (exact) mass is 401 g/mol. The van der Waals surface area contributed by atoms with Crippen molar-refractivity contribution < 1.29 is 9.59 Å². The molecule has 2 amide bonds. The minimum absolute atomic E-state index is 0.0553. The number of benzene rings is 1. The molecule has 0 aliphatic heterocycles. The van der Waals surface area contributed by atoms with E-state index in [0.717, 1.165) is 10.4 Å². The van der Waals surface area contributed by atoms with Gasteiger partial charge in [-0.1, -0.05) is 36.4 Å². The van der Waals surface area contributed by atoms with Crippen LogP contribution < -0.4 is 10.6 Å². The van der Waals surface area contributed by atoms with Crippen LogP contribution in [0, 0.1) is 4.77 Å². The summed E-state index contributed by atoms with van der Waals surface area (Å²) in [4.78, 5) is 24.9. The van der Waals surface area contributed by atoms with Crippen molar-refractivity contribution >= 4 is 35.4 Å². The molecule has 3 N–H and O–H groups in total. The van der Waals surface area contributed by atoms with Gasteiger partial charge in [-0.15, -0.1) is 11.3 Å². The predicted octanol–water partition coefficient (Wildman–Crippen LogP) is 2.49. The highest BCUT2D eigenvalue weighted by Gasteiger charge is 2.12. The first-order valence-corrected chi connectivity index (χ1v) is 9.68. The van der Waals surface area contributed by atoms with Crippen LogP contribution in [-0.4, -0.2) is 33.1 Å². The summed E-state index contributed by atoms with van der Waals surface area (Å²) >= 11 is 6.79. The van der Waals surface area contributed by atoms with Crippen molar-refractivity contribution in [3.63, 3.8) is 0 Å². The van der Waals surface area contributed by atoms with Gasteiger partial charge in [-0.05, 0) is 29.2 Å². The molecule has 0 atom stereocenters. The number of nitrogens with zero attached hydrogens (tertiary/aromatic N) is 2. The standard InChI is InChI=1S/C18H19N5O2S2/c24-15(20-12-16(25)19-11-13-5-2-1-3-6-13)8-9-23-17(21-22-18(23)26)14-7-4-10-27-14/h1-7,10H,8-9,11-12H2,(H,19,25)(H,20,24)(H,22,26). The molecule has 1 aromatic carbocycles. The quantitative estimate of drug-likeness (QED) is 0.506. The number of hydrogen-bond donors (Lipinski definition) is 3. The Hall–Kier alpha value is -2.78. The number of carbonyl (C=O) groups is 2. The zero-order valence-electron chi connectivity index (χ0n) is 14.5. The van der Waals surface area contributed by atoms with Gasteiger partial charge in [0.1, 0.15) is 0 Å². The number of H-pyrrole nitrogens is 1. The number of aromatic nitrogens is 3. The zero-order valence-corrected chi connectivity index (χ0v) is 16.1. The average Bonchev–Trinajstić information content (AvgIpc) is 3.33. The van der Waals surface area contributed by atoms with Gasteiger partial charge in [0.25, 0.3) is 0 Å². The maximum absolute atomic E-state index is 12.1. The fourth-order valence-electron chi connectivity index (χ4n) is 2.46. The molecule has 0 aliphatic rings. The molecule has 140 valence electrons. The van der Waals surface area contributed by atoms with Gasteiger partial charge < -0.3 is 10.6 Å². The summed E-state index contributed by atoms with van der Waals surface area (Å²) in [5, 5.41) is 14.3. The second-order valence-electron chi connectivity index (χ2n) is 5.77. The summed E-state index contributed by atoms with van der Waals surface area (Å²) < 4.78 is 2.25. The molecule has 0 unspecified atom stereocenters. The van der Waals surface area contributed by atoms with Gasteiger partial charge in [-0.25, -0.2) is 0 Å². The molecule has 0 spiro atoms. The number of thiophene rings is 1. The van der Waals surface area contributed by atoms with Crippen LogP contribution >= 0.6 is 23.6 Å². The fourth-order valence-corrected chi connectivity index (χ4v) is 3.40. The number of amides is 2. The van der Waals surface area contributed by atoms with Crippen molar-refractivity contribution in [1.82, 2.24) is 25.4 Å². The molecule has 27 heavy (non-hydrogen) atoms. The molecule has 9 heteroatoms. The summed E-state index contributed by atoms with van der Waals surface area (Å²) in [5.74, 6) is 0.264. The van der Waals surface area contributed by atoms with Crippen LogP contribution in [0.2, 0.25) is 0 Å². The number of hydrogen-bond acceptors (Lipinski definition) is 5. The van der Waals surface area contributed by atoms with E-state index >= 15 is 0 Å². The third kappa shape index (κ3) is 5.35. The lowest BCUT2D eigenvalue weighted by Crippen LogP contribution is -2.36. The number of rotatable bonds is 8. The Labute approximate surface area is 165 Å². The minimum Gasteiger partial charge on any atom is -0.350 e. The van der Waals surface area contributed by atoms with E-state index in [-0.39, 0.29) is 24.8 Å². The number of aromatic amines is 1. The number of carbonyl (C=O) groups excluding carboxylic acids is 2. The van der Waals surface area contributed by atoms with Crippen molar-refractivity contribution in [2.45, 2.75) is 19.5 Å². The normalized spacial score (nSPS) is 10.5. The summed E-state index contributed by atoms with van der Waals surface area (Å²) in [5.41, 5.74) is 1.01. The lowest BCUT2D eigenvalue weighted by atomic mass is 10.2. The van der Waals surface area contributed by atoms with Crippen molar-refractivity contribution in [3.8, 4) is 10.7 Å². The molecule has 3 aromatic rings. The summed E-state index contributed by atoms with van der Waals surface area (Å²) in [6.07, 6.45) is 0.207. The van der Waals surface area contributed by atoms with Gasteiger partial charge in [-0.2, -0.15) is 5.10 Å². The third-order valence-corrected chi connectivity index (χ3v) is 5.02. The molecular formula is C18H19N5O2S2. The molecule has 0 aliphatic carbocycles. The van der Waals surface area contributed by atoms with Crippen molar-refractivity contribution in [1.29, 1.82) is 0 Å². The Kier molecular flexibility index (Phi) is 6.50. The number of nitrogens with one attached hydrogen (secondary N) is 3. The molecule has 7 nitrogen and oxygen atoms in total. The highest BCUT2D eigenvalue weighted by atomic mass is 32.1. The summed E-state index contributed by atoms with van der Waals surface area (Å²) in [7, 11) is 0. The molecule has 0 saturated carbocycles. The Balaban J connectivity index is 1.44. The third-order valence-electron chi connectivity index (χ3n) is 3.84. The highest BCUT2D eigenvalue weighted by molar-refractivity contribution is 7.71. The Morgan fingerprint density at radius 2 is 1.93 bits per heavy atom. The molecule has 0 bridgehead atoms. The van der Waals surface area contributed by atoms with Crippen LogP contribution in [0.4, 0.5) is 0 Å². The molecule has 3 rings (SSSR count). The van der Waals surface area contributed by atoms with E-state index in [0.29, 0.717) is 23.7 Å². The topological polar surface area (TPSA) is 91.8 Å². The Bertz CT molecular complexity index is 948. The minimum atomic E-state index is -0.230. The van der Waals surface area contributed by atoms with E-state index in [1.165, 1.54) is 0 Å². The largest absolute Gasteiger partial charge is 0.350 e. The molecular weight excluding hydrogens is 382 g/mol. The van der Waals surface area contributed by atoms with Crippen LogP contribution in [-0.2, 0) is 22.7 Å². The van der Waals surface area contributed by atoms with E-state index in [4.69, 9.17) is 12.2 Å². The lowest BCUT2D eigenvalue weighted by Gasteiger charge is -2.08. The first-order chi connectivity index (χ1) is 13.1. The zero-order chi connectivity index (χ0) is 19.1. The summed E-state index contributed by atoms with van der Waals surface area (Å²) in [6.45, 7) is 0.768. The second-order valence-corrected chi connectivity index (χ2v) is 7.10. The molecule has 2 aromatic heterocycles. The first kappa shape index (κ1) is 19.0. The lowest BCUT2D eigenvalue weighted by molar-refractivity contribution is -0.126. The van der Waals surface area contributed by atoms with Gasteiger partial charge in [0.05, 0.1) is 11.4 Å². The van der Waals surface area contributed by atoms with E-state index < -0.39 is 0 Å². The van der Waals surface area contributed by atoms with E-state index in [9.17, 15) is 9.59 Å². The SMILES string of the molecule is O=C(CCn1c(-c2cccs2)n[nH]c1=S)NCC(=O)NCc1ccccc1. The van der Waals surface area contributed by atoms with Crippen molar-refractivity contribution in [2.24, 2.45) is 0 Å². The van der Waals surface area contributed by atoms with Crippen LogP contribution in [0.25, 0.3) is 10.7 Å². The molecule has 0 fully saturated rings. The smallest absolute Gasteiger partial charge is 0.239 e. The maximum Gasteiger partial charge on any atom is 0.239 e. The second kappa shape index (κ2) is 9.24. The van der Waals surface area contributed by atoms with E-state index in [2.05, 4.69) is 20.8 Å². The highest BCUT2D eigenvalue weighted by Crippen LogP contribution is 2.22.